The molecular formula is C20H20N4O3. The number of aryl methyl sites for hydroxylation is 1. The van der Waals surface area contributed by atoms with Gasteiger partial charge in [0.1, 0.15) is 11.6 Å². The molecule has 0 bridgehead atoms. The molecule has 4 rings (SSSR count). The van der Waals surface area contributed by atoms with Gasteiger partial charge in [-0.15, -0.1) is 0 Å². The van der Waals surface area contributed by atoms with Crippen LogP contribution in [0.15, 0.2) is 42.5 Å². The van der Waals surface area contributed by atoms with Gasteiger partial charge in [0, 0.05) is 30.4 Å². The van der Waals surface area contributed by atoms with Crippen molar-refractivity contribution in [1.82, 2.24) is 9.97 Å². The molecule has 27 heavy (non-hydrogen) atoms. The number of carbonyl (C=O) groups excluding carboxylic acids is 2. The second-order valence-electron chi connectivity index (χ2n) is 6.65. The molecule has 2 aromatic carbocycles. The first kappa shape index (κ1) is 17.1. The van der Waals surface area contributed by atoms with Crippen LogP contribution >= 0.6 is 0 Å². The van der Waals surface area contributed by atoms with Gasteiger partial charge in [0.2, 0.25) is 11.8 Å². The maximum absolute atomic E-state index is 12.7. The fourth-order valence-electron chi connectivity index (χ4n) is 3.37. The molecule has 138 valence electrons. The summed E-state index contributed by atoms with van der Waals surface area (Å²) in [7, 11) is 1.58. The summed E-state index contributed by atoms with van der Waals surface area (Å²) in [6.07, 6.45) is 0.189. The van der Waals surface area contributed by atoms with Crippen molar-refractivity contribution in [3.05, 3.63) is 48.3 Å². The number of aromatic nitrogens is 2. The minimum absolute atomic E-state index is 0.0666. The van der Waals surface area contributed by atoms with Crippen molar-refractivity contribution in [2.24, 2.45) is 5.92 Å². The van der Waals surface area contributed by atoms with E-state index in [-0.39, 0.29) is 18.2 Å². The minimum Gasteiger partial charge on any atom is -0.497 e. The maximum Gasteiger partial charge on any atom is 0.229 e. The number of nitrogens with zero attached hydrogens (tertiary/aromatic N) is 2. The van der Waals surface area contributed by atoms with Crippen LogP contribution in [0.4, 0.5) is 11.4 Å². The second-order valence-corrected chi connectivity index (χ2v) is 6.65. The highest BCUT2D eigenvalue weighted by Crippen LogP contribution is 2.28. The number of rotatable bonds is 4. The van der Waals surface area contributed by atoms with Crippen LogP contribution in [0.2, 0.25) is 0 Å². The number of benzene rings is 2. The SMILES string of the molecule is COc1cccc(N2CC(C(=O)Nc3ccc4nc(C)[nH]c4c3)CC2=O)c1. The van der Waals surface area contributed by atoms with Crippen LogP contribution in [-0.2, 0) is 9.59 Å². The molecule has 1 aromatic heterocycles. The van der Waals surface area contributed by atoms with E-state index in [0.717, 1.165) is 22.5 Å². The van der Waals surface area contributed by atoms with E-state index in [1.807, 2.05) is 43.3 Å². The number of anilines is 2. The highest BCUT2D eigenvalue weighted by atomic mass is 16.5. The molecule has 2 heterocycles. The van der Waals surface area contributed by atoms with Crippen molar-refractivity contribution in [3.63, 3.8) is 0 Å². The van der Waals surface area contributed by atoms with Gasteiger partial charge in [-0.2, -0.15) is 0 Å². The summed E-state index contributed by atoms with van der Waals surface area (Å²) in [6, 6.07) is 12.8. The van der Waals surface area contributed by atoms with Crippen LogP contribution in [-0.4, -0.2) is 35.4 Å². The van der Waals surface area contributed by atoms with Gasteiger partial charge >= 0.3 is 0 Å². The van der Waals surface area contributed by atoms with E-state index in [2.05, 4.69) is 15.3 Å². The van der Waals surface area contributed by atoms with E-state index >= 15 is 0 Å². The molecule has 1 aliphatic rings. The molecule has 1 aliphatic heterocycles. The van der Waals surface area contributed by atoms with E-state index in [0.29, 0.717) is 18.0 Å². The quantitative estimate of drug-likeness (QED) is 0.745. The van der Waals surface area contributed by atoms with Crippen molar-refractivity contribution in [2.75, 3.05) is 23.9 Å². The molecule has 1 fully saturated rings. The Morgan fingerprint density at radius 2 is 2.15 bits per heavy atom. The topological polar surface area (TPSA) is 87.3 Å². The predicted molar refractivity (Wildman–Crippen MR) is 103 cm³/mol. The van der Waals surface area contributed by atoms with Gasteiger partial charge in [0.05, 0.1) is 24.1 Å². The van der Waals surface area contributed by atoms with Crippen molar-refractivity contribution >= 4 is 34.2 Å². The number of hydrogen-bond acceptors (Lipinski definition) is 4. The molecular weight excluding hydrogens is 344 g/mol. The zero-order chi connectivity index (χ0) is 19.0. The molecule has 0 spiro atoms. The number of imidazole rings is 1. The van der Waals surface area contributed by atoms with Crippen molar-refractivity contribution < 1.29 is 14.3 Å². The lowest BCUT2D eigenvalue weighted by Gasteiger charge is -2.17. The number of methoxy groups -OCH3 is 1. The molecule has 7 heteroatoms. The van der Waals surface area contributed by atoms with E-state index in [1.165, 1.54) is 0 Å². The van der Waals surface area contributed by atoms with Gasteiger partial charge in [-0.05, 0) is 37.3 Å². The van der Waals surface area contributed by atoms with Gasteiger partial charge < -0.3 is 19.9 Å². The lowest BCUT2D eigenvalue weighted by atomic mass is 10.1. The molecule has 2 N–H and O–H groups in total. The second kappa shape index (κ2) is 6.75. The number of hydrogen-bond donors (Lipinski definition) is 2. The average Bonchev–Trinajstić information content (AvgIpc) is 3.23. The molecule has 1 atom stereocenters. The Morgan fingerprint density at radius 1 is 1.30 bits per heavy atom. The monoisotopic (exact) mass is 364 g/mol. The summed E-state index contributed by atoms with van der Waals surface area (Å²) in [5.74, 6) is 0.871. The number of carbonyl (C=O) groups is 2. The van der Waals surface area contributed by atoms with Crippen LogP contribution < -0.4 is 15.0 Å². The normalized spacial score (nSPS) is 16.7. The number of ether oxygens (including phenoxy) is 1. The van der Waals surface area contributed by atoms with Crippen molar-refractivity contribution in [1.29, 1.82) is 0 Å². The third kappa shape index (κ3) is 3.36. The molecule has 0 aliphatic carbocycles. The maximum atomic E-state index is 12.7. The lowest BCUT2D eigenvalue weighted by Crippen LogP contribution is -2.28. The Kier molecular flexibility index (Phi) is 4.27. The summed E-state index contributed by atoms with van der Waals surface area (Å²) in [5, 5.41) is 2.91. The fourth-order valence-corrected chi connectivity index (χ4v) is 3.37. The predicted octanol–water partition coefficient (Wildman–Crippen LogP) is 2.87. The van der Waals surface area contributed by atoms with Gasteiger partial charge in [-0.25, -0.2) is 4.98 Å². The molecule has 2 amide bonds. The minimum atomic E-state index is -0.400. The van der Waals surface area contributed by atoms with E-state index < -0.39 is 5.92 Å². The van der Waals surface area contributed by atoms with Crippen LogP contribution in [0.25, 0.3) is 11.0 Å². The Balaban J connectivity index is 1.48. The van der Waals surface area contributed by atoms with Crippen LogP contribution in [0.5, 0.6) is 5.75 Å². The largest absolute Gasteiger partial charge is 0.497 e. The van der Waals surface area contributed by atoms with Gasteiger partial charge in [-0.1, -0.05) is 6.07 Å². The van der Waals surface area contributed by atoms with E-state index in [4.69, 9.17) is 4.74 Å². The summed E-state index contributed by atoms with van der Waals surface area (Å²) in [5.41, 5.74) is 3.14. The third-order valence-corrected chi connectivity index (χ3v) is 4.73. The number of H-pyrrole nitrogens is 1. The van der Waals surface area contributed by atoms with Gasteiger partial charge in [-0.3, -0.25) is 9.59 Å². The smallest absolute Gasteiger partial charge is 0.229 e. The molecule has 1 saturated heterocycles. The van der Waals surface area contributed by atoms with Crippen LogP contribution in [0.3, 0.4) is 0 Å². The molecule has 3 aromatic rings. The summed E-state index contributed by atoms with van der Waals surface area (Å²) >= 11 is 0. The number of amides is 2. The van der Waals surface area contributed by atoms with Gasteiger partial charge in [0.15, 0.2) is 0 Å². The molecule has 0 radical (unpaired) electrons. The standard InChI is InChI=1S/C20H20N4O3/c1-12-21-17-7-6-14(9-18(17)22-12)23-20(26)13-8-19(25)24(11-13)15-4-3-5-16(10-15)27-2/h3-7,9-10,13H,8,11H2,1-2H3,(H,21,22)(H,23,26). The van der Waals surface area contributed by atoms with Crippen LogP contribution in [0.1, 0.15) is 12.2 Å². The van der Waals surface area contributed by atoms with E-state index in [1.54, 1.807) is 18.1 Å². The Labute approximate surface area is 156 Å². The fraction of sp³-hybridized carbons (Fsp3) is 0.250. The first-order chi connectivity index (χ1) is 13.0. The Morgan fingerprint density at radius 3 is 2.96 bits per heavy atom. The molecule has 7 nitrogen and oxygen atoms in total. The lowest BCUT2D eigenvalue weighted by molar-refractivity contribution is -0.122. The Hall–Kier alpha value is -3.35. The zero-order valence-electron chi connectivity index (χ0n) is 15.2. The van der Waals surface area contributed by atoms with Crippen LogP contribution in [0, 0.1) is 12.8 Å². The van der Waals surface area contributed by atoms with E-state index in [9.17, 15) is 9.59 Å². The number of nitrogens with one attached hydrogen (secondary N) is 2. The molecule has 1 unspecified atom stereocenters. The highest BCUT2D eigenvalue weighted by molar-refractivity contribution is 6.04. The third-order valence-electron chi connectivity index (χ3n) is 4.73. The summed E-state index contributed by atoms with van der Waals surface area (Å²) in [6.45, 7) is 2.23. The number of aromatic amines is 1. The number of fused-ring (bicyclic) bond motifs is 1. The average molecular weight is 364 g/mol. The molecule has 0 saturated carbocycles. The zero-order valence-corrected chi connectivity index (χ0v) is 15.2. The van der Waals surface area contributed by atoms with Crippen molar-refractivity contribution in [3.8, 4) is 5.75 Å². The highest BCUT2D eigenvalue weighted by Gasteiger charge is 2.35. The summed E-state index contributed by atoms with van der Waals surface area (Å²) in [4.78, 5) is 34.2. The van der Waals surface area contributed by atoms with Crippen molar-refractivity contribution in [2.45, 2.75) is 13.3 Å². The van der Waals surface area contributed by atoms with Gasteiger partial charge in [0.25, 0.3) is 0 Å². The first-order valence-corrected chi connectivity index (χ1v) is 8.75. The Bertz CT molecular complexity index is 1030. The summed E-state index contributed by atoms with van der Waals surface area (Å²) < 4.78 is 5.21. The first-order valence-electron chi connectivity index (χ1n) is 8.75.